The first-order valence-electron chi connectivity index (χ1n) is 8.32. The largest absolute Gasteiger partial charge is 0.350 e. The average molecular weight is 349 g/mol. The first kappa shape index (κ1) is 18.5. The third-order valence-electron chi connectivity index (χ3n) is 4.31. The Kier molecular flexibility index (Phi) is 6.82. The van der Waals surface area contributed by atoms with Gasteiger partial charge in [-0.15, -0.1) is 12.4 Å². The van der Waals surface area contributed by atoms with Crippen molar-refractivity contribution in [2.45, 2.75) is 32.2 Å². The molecular formula is C18H25ClN4O. The number of nitrogens with zero attached hydrogens (tertiary/aromatic N) is 2. The van der Waals surface area contributed by atoms with E-state index in [1.165, 1.54) is 11.1 Å². The number of aryl methyl sites for hydroxylation is 1. The summed E-state index contributed by atoms with van der Waals surface area (Å²) in [6, 6.07) is 10.6. The molecule has 1 saturated heterocycles. The molecule has 2 aromatic rings. The van der Waals surface area contributed by atoms with Crippen LogP contribution in [-0.4, -0.2) is 35.3 Å². The lowest BCUT2D eigenvalue weighted by molar-refractivity contribution is 0.0948. The molecule has 0 bridgehead atoms. The number of hydrogen-bond donors (Lipinski definition) is 2. The molecule has 1 aromatic carbocycles. The van der Waals surface area contributed by atoms with Crippen molar-refractivity contribution < 1.29 is 4.79 Å². The molecule has 1 atom stereocenters. The maximum absolute atomic E-state index is 12.2. The molecule has 0 radical (unpaired) electrons. The minimum absolute atomic E-state index is 0. The molecule has 3 rings (SSSR count). The van der Waals surface area contributed by atoms with Crippen molar-refractivity contribution >= 4 is 18.3 Å². The van der Waals surface area contributed by atoms with Crippen molar-refractivity contribution in [2.75, 3.05) is 19.6 Å². The van der Waals surface area contributed by atoms with E-state index >= 15 is 0 Å². The molecule has 1 aliphatic heterocycles. The molecule has 2 heterocycles. The summed E-state index contributed by atoms with van der Waals surface area (Å²) in [5, 5.41) is 10.8. The van der Waals surface area contributed by atoms with Crippen LogP contribution in [-0.2, 0) is 6.42 Å². The van der Waals surface area contributed by atoms with Gasteiger partial charge in [0.25, 0.3) is 5.91 Å². The summed E-state index contributed by atoms with van der Waals surface area (Å²) in [7, 11) is 0. The molecule has 1 aromatic heterocycles. The first-order chi connectivity index (χ1) is 11.2. The number of piperidine rings is 1. The lowest BCUT2D eigenvalue weighted by atomic mass is 10.1. The molecule has 2 N–H and O–H groups in total. The normalized spacial score (nSPS) is 17.1. The van der Waals surface area contributed by atoms with Crippen molar-refractivity contribution in [3.8, 4) is 0 Å². The maximum Gasteiger partial charge on any atom is 0.271 e. The van der Waals surface area contributed by atoms with Gasteiger partial charge in [-0.3, -0.25) is 9.48 Å². The summed E-state index contributed by atoms with van der Waals surface area (Å²) in [6.07, 6.45) is 5.01. The lowest BCUT2D eigenvalue weighted by Crippen LogP contribution is -2.32. The minimum atomic E-state index is -0.0976. The van der Waals surface area contributed by atoms with Crippen molar-refractivity contribution in [2.24, 2.45) is 0 Å². The van der Waals surface area contributed by atoms with Crippen LogP contribution in [0.5, 0.6) is 0 Å². The highest BCUT2D eigenvalue weighted by Gasteiger charge is 2.17. The second-order valence-corrected chi connectivity index (χ2v) is 6.17. The first-order valence-corrected chi connectivity index (χ1v) is 8.32. The Labute approximate surface area is 149 Å². The molecule has 0 spiro atoms. The number of nitrogens with one attached hydrogen (secondary N) is 2. The van der Waals surface area contributed by atoms with Crippen LogP contribution < -0.4 is 10.6 Å². The number of halogens is 1. The summed E-state index contributed by atoms with van der Waals surface area (Å²) >= 11 is 0. The number of carbonyl (C=O) groups excluding carboxylic acids is 1. The number of hydrogen-bond acceptors (Lipinski definition) is 3. The molecule has 0 aliphatic carbocycles. The topological polar surface area (TPSA) is 59.0 Å². The van der Waals surface area contributed by atoms with Crippen molar-refractivity contribution in [3.63, 3.8) is 0 Å². The van der Waals surface area contributed by atoms with Gasteiger partial charge < -0.3 is 10.6 Å². The predicted molar refractivity (Wildman–Crippen MR) is 97.8 cm³/mol. The quantitative estimate of drug-likeness (QED) is 0.872. The van der Waals surface area contributed by atoms with Gasteiger partial charge in [-0.2, -0.15) is 5.10 Å². The summed E-state index contributed by atoms with van der Waals surface area (Å²) in [5.74, 6) is -0.0976. The fraction of sp³-hybridized carbons (Fsp3) is 0.444. The molecule has 1 amide bonds. The van der Waals surface area contributed by atoms with Crippen LogP contribution >= 0.6 is 12.4 Å². The molecule has 1 unspecified atom stereocenters. The predicted octanol–water partition coefficient (Wildman–Crippen LogP) is 2.51. The number of amides is 1. The fourth-order valence-corrected chi connectivity index (χ4v) is 2.89. The summed E-state index contributed by atoms with van der Waals surface area (Å²) < 4.78 is 1.92. The van der Waals surface area contributed by atoms with Gasteiger partial charge in [-0.05, 0) is 44.4 Å². The zero-order valence-electron chi connectivity index (χ0n) is 14.0. The Morgan fingerprint density at radius 2 is 2.12 bits per heavy atom. The van der Waals surface area contributed by atoms with E-state index in [2.05, 4.69) is 46.9 Å². The SMILES string of the molecule is Cc1ccc(CCNC(=O)c2ccn(C3CCCNC3)n2)cc1.Cl. The van der Waals surface area contributed by atoms with Gasteiger partial charge in [0, 0.05) is 19.3 Å². The van der Waals surface area contributed by atoms with Crippen LogP contribution in [0.25, 0.3) is 0 Å². The van der Waals surface area contributed by atoms with Crippen LogP contribution in [0, 0.1) is 6.92 Å². The van der Waals surface area contributed by atoms with E-state index in [0.29, 0.717) is 18.3 Å². The minimum Gasteiger partial charge on any atom is -0.350 e. The monoisotopic (exact) mass is 348 g/mol. The second kappa shape index (κ2) is 8.85. The van der Waals surface area contributed by atoms with Gasteiger partial charge in [0.05, 0.1) is 6.04 Å². The van der Waals surface area contributed by atoms with Gasteiger partial charge in [-0.1, -0.05) is 29.8 Å². The van der Waals surface area contributed by atoms with Crippen LogP contribution in [0.3, 0.4) is 0 Å². The molecule has 1 fully saturated rings. The van der Waals surface area contributed by atoms with E-state index < -0.39 is 0 Å². The van der Waals surface area contributed by atoms with Crippen LogP contribution in [0.4, 0.5) is 0 Å². The summed E-state index contributed by atoms with van der Waals surface area (Å²) in [4.78, 5) is 12.2. The van der Waals surface area contributed by atoms with Crippen LogP contribution in [0.15, 0.2) is 36.5 Å². The van der Waals surface area contributed by atoms with E-state index in [-0.39, 0.29) is 18.3 Å². The van der Waals surface area contributed by atoms with Gasteiger partial charge in [-0.25, -0.2) is 0 Å². The van der Waals surface area contributed by atoms with Gasteiger partial charge in [0.2, 0.25) is 0 Å². The lowest BCUT2D eigenvalue weighted by Gasteiger charge is -2.22. The molecule has 130 valence electrons. The Morgan fingerprint density at radius 3 is 2.83 bits per heavy atom. The zero-order chi connectivity index (χ0) is 16.1. The number of carbonyl (C=O) groups is 1. The van der Waals surface area contributed by atoms with E-state index in [4.69, 9.17) is 0 Å². The third-order valence-corrected chi connectivity index (χ3v) is 4.31. The Balaban J connectivity index is 0.00000208. The Hall–Kier alpha value is -1.85. The molecule has 1 aliphatic rings. The van der Waals surface area contributed by atoms with Crippen LogP contribution in [0.1, 0.15) is 40.5 Å². The highest BCUT2D eigenvalue weighted by molar-refractivity contribution is 5.92. The van der Waals surface area contributed by atoms with Crippen molar-refractivity contribution in [1.29, 1.82) is 0 Å². The second-order valence-electron chi connectivity index (χ2n) is 6.17. The van der Waals surface area contributed by atoms with E-state index in [1.807, 2.05) is 10.9 Å². The highest BCUT2D eigenvalue weighted by atomic mass is 35.5. The Bertz CT molecular complexity index is 647. The van der Waals surface area contributed by atoms with Crippen molar-refractivity contribution in [3.05, 3.63) is 53.3 Å². The number of benzene rings is 1. The van der Waals surface area contributed by atoms with E-state index in [1.54, 1.807) is 6.07 Å². The van der Waals surface area contributed by atoms with Gasteiger partial charge in [0.15, 0.2) is 0 Å². The van der Waals surface area contributed by atoms with E-state index in [9.17, 15) is 4.79 Å². The van der Waals surface area contributed by atoms with Gasteiger partial charge >= 0.3 is 0 Å². The van der Waals surface area contributed by atoms with E-state index in [0.717, 1.165) is 32.4 Å². The van der Waals surface area contributed by atoms with Crippen LogP contribution in [0.2, 0.25) is 0 Å². The maximum atomic E-state index is 12.2. The molecular weight excluding hydrogens is 324 g/mol. The average Bonchev–Trinajstić information content (AvgIpc) is 3.07. The summed E-state index contributed by atoms with van der Waals surface area (Å²) in [6.45, 7) is 4.70. The number of aromatic nitrogens is 2. The van der Waals surface area contributed by atoms with Crippen molar-refractivity contribution in [1.82, 2.24) is 20.4 Å². The molecule has 0 saturated carbocycles. The third kappa shape index (κ3) is 4.82. The fourth-order valence-electron chi connectivity index (χ4n) is 2.89. The molecule has 6 heteroatoms. The summed E-state index contributed by atoms with van der Waals surface area (Å²) in [5.41, 5.74) is 2.98. The highest BCUT2D eigenvalue weighted by Crippen LogP contribution is 2.15. The molecule has 5 nitrogen and oxygen atoms in total. The smallest absolute Gasteiger partial charge is 0.271 e. The zero-order valence-corrected chi connectivity index (χ0v) is 14.8. The molecule has 24 heavy (non-hydrogen) atoms. The van der Waals surface area contributed by atoms with Gasteiger partial charge in [0.1, 0.15) is 5.69 Å². The standard InChI is InChI=1S/C18H24N4O.ClH/c1-14-4-6-15(7-5-14)8-11-20-18(23)17-9-12-22(21-17)16-3-2-10-19-13-16;/h4-7,9,12,16,19H,2-3,8,10-11,13H2,1H3,(H,20,23);1H. The Morgan fingerprint density at radius 1 is 1.33 bits per heavy atom. The number of rotatable bonds is 5.